The topological polar surface area (TPSA) is 119 Å². The van der Waals surface area contributed by atoms with Gasteiger partial charge in [0.15, 0.2) is 5.65 Å². The molecule has 0 saturated carbocycles. The third kappa shape index (κ3) is 5.08. The van der Waals surface area contributed by atoms with Crippen molar-refractivity contribution in [3.05, 3.63) is 108 Å². The Bertz CT molecular complexity index is 1730. The molecule has 0 unspecified atom stereocenters. The molecule has 10 heteroatoms. The minimum absolute atomic E-state index is 0.349. The van der Waals surface area contributed by atoms with Crippen molar-refractivity contribution in [3.8, 4) is 17.5 Å². The van der Waals surface area contributed by atoms with Crippen molar-refractivity contribution in [2.45, 2.75) is 13.6 Å². The predicted molar refractivity (Wildman–Crippen MR) is 142 cm³/mol. The van der Waals surface area contributed by atoms with Gasteiger partial charge in [-0.25, -0.2) is 19.2 Å². The van der Waals surface area contributed by atoms with Crippen molar-refractivity contribution in [1.29, 1.82) is 0 Å². The van der Waals surface area contributed by atoms with E-state index in [2.05, 4.69) is 32.4 Å². The molecular weight excluding hydrogens is 485 g/mol. The van der Waals surface area contributed by atoms with Crippen LogP contribution in [0, 0.1) is 18.8 Å². The number of nitrogens with one attached hydrogen (secondary N) is 2. The maximum atomic E-state index is 13.5. The number of aromatic nitrogens is 4. The molecule has 0 bridgehead atoms. The van der Waals surface area contributed by atoms with E-state index in [1.807, 2.05) is 13.0 Å². The van der Waals surface area contributed by atoms with Crippen LogP contribution in [0.5, 0.6) is 0 Å². The first kappa shape index (κ1) is 24.3. The average Bonchev–Trinajstić information content (AvgIpc) is 3.59. The molecule has 3 amide bonds. The molecule has 3 heterocycles. The third-order valence-electron chi connectivity index (χ3n) is 5.81. The Balaban J connectivity index is 1.41. The van der Waals surface area contributed by atoms with Crippen molar-refractivity contribution in [2.75, 3.05) is 10.6 Å². The Kier molecular flexibility index (Phi) is 6.57. The average molecular weight is 508 g/mol. The molecule has 0 spiro atoms. The summed E-state index contributed by atoms with van der Waals surface area (Å²) in [6.45, 7) is 1.23. The van der Waals surface area contributed by atoms with Crippen LogP contribution in [0.4, 0.5) is 20.6 Å². The molecule has 3 aromatic heterocycles. The van der Waals surface area contributed by atoms with Gasteiger partial charge in [-0.05, 0) is 66.4 Å². The van der Waals surface area contributed by atoms with Gasteiger partial charge in [0.2, 0.25) is 0 Å². The molecule has 0 aliphatic heterocycles. The highest BCUT2D eigenvalue weighted by Crippen LogP contribution is 2.21. The van der Waals surface area contributed by atoms with Crippen LogP contribution in [-0.2, 0) is 6.67 Å². The van der Waals surface area contributed by atoms with Crippen molar-refractivity contribution in [2.24, 2.45) is 5.73 Å². The van der Waals surface area contributed by atoms with Crippen LogP contribution in [0.1, 0.15) is 32.7 Å². The molecular formula is C28H22FN7O2. The number of carbonyl (C=O) groups is 2. The number of pyridine rings is 1. The number of benzene rings is 2. The number of hydrogen-bond donors (Lipinski definition) is 3. The fraction of sp³-hybridized carbons (Fsp3) is 0.0714. The van der Waals surface area contributed by atoms with E-state index in [0.717, 1.165) is 5.56 Å². The van der Waals surface area contributed by atoms with Gasteiger partial charge in [0.25, 0.3) is 5.91 Å². The van der Waals surface area contributed by atoms with E-state index >= 15 is 0 Å². The van der Waals surface area contributed by atoms with E-state index in [9.17, 15) is 14.0 Å². The molecule has 5 rings (SSSR count). The second kappa shape index (κ2) is 10.3. The zero-order chi connectivity index (χ0) is 26.6. The summed E-state index contributed by atoms with van der Waals surface area (Å²) in [5.41, 5.74) is 10.3. The first-order valence-electron chi connectivity index (χ1n) is 11.6. The van der Waals surface area contributed by atoms with E-state index in [1.165, 1.54) is 0 Å². The summed E-state index contributed by atoms with van der Waals surface area (Å²) in [6, 6.07) is 13.0. The predicted octanol–water partition coefficient (Wildman–Crippen LogP) is 4.44. The highest BCUT2D eigenvalue weighted by Gasteiger charge is 2.11. The van der Waals surface area contributed by atoms with Crippen LogP contribution >= 0.6 is 0 Å². The Morgan fingerprint density at radius 3 is 2.71 bits per heavy atom. The number of rotatable bonds is 5. The number of carbonyl (C=O) groups excluding carboxylic acids is 2. The van der Waals surface area contributed by atoms with Gasteiger partial charge in [0.05, 0.1) is 18.2 Å². The van der Waals surface area contributed by atoms with E-state index in [0.29, 0.717) is 45.1 Å². The first-order valence-corrected chi connectivity index (χ1v) is 11.6. The number of aryl methyl sites for hydroxylation is 1. The number of halogens is 1. The fourth-order valence-electron chi connectivity index (χ4n) is 3.95. The lowest BCUT2D eigenvalue weighted by atomic mass is 10.0. The van der Waals surface area contributed by atoms with Crippen LogP contribution in [-0.4, -0.2) is 30.9 Å². The van der Waals surface area contributed by atoms with Gasteiger partial charge in [0, 0.05) is 41.1 Å². The van der Waals surface area contributed by atoms with Gasteiger partial charge < -0.3 is 20.9 Å². The molecule has 0 saturated heterocycles. The van der Waals surface area contributed by atoms with Gasteiger partial charge in [-0.2, -0.15) is 0 Å². The van der Waals surface area contributed by atoms with Crippen molar-refractivity contribution in [1.82, 2.24) is 18.9 Å². The van der Waals surface area contributed by atoms with Crippen molar-refractivity contribution in [3.63, 3.8) is 0 Å². The zero-order valence-corrected chi connectivity index (χ0v) is 20.3. The number of fused-ring (bicyclic) bond motifs is 1. The maximum absolute atomic E-state index is 13.5. The quantitative estimate of drug-likeness (QED) is 0.305. The second-order valence-corrected chi connectivity index (χ2v) is 8.47. The lowest BCUT2D eigenvalue weighted by molar-refractivity contribution is 0.102. The van der Waals surface area contributed by atoms with Crippen LogP contribution in [0.25, 0.3) is 11.3 Å². The van der Waals surface area contributed by atoms with E-state index < -0.39 is 12.7 Å². The molecule has 0 radical (unpaired) electrons. The molecule has 0 atom stereocenters. The summed E-state index contributed by atoms with van der Waals surface area (Å²) in [4.78, 5) is 32.7. The molecule has 0 aliphatic rings. The van der Waals surface area contributed by atoms with Gasteiger partial charge in [-0.15, -0.1) is 0 Å². The van der Waals surface area contributed by atoms with Crippen molar-refractivity contribution < 1.29 is 14.0 Å². The first-order chi connectivity index (χ1) is 18.4. The third-order valence-corrected chi connectivity index (χ3v) is 5.81. The number of urea groups is 1. The fourth-order valence-corrected chi connectivity index (χ4v) is 3.95. The highest BCUT2D eigenvalue weighted by atomic mass is 19.1. The van der Waals surface area contributed by atoms with E-state index in [1.54, 1.807) is 82.5 Å². The number of imidazole rings is 2. The van der Waals surface area contributed by atoms with Gasteiger partial charge >= 0.3 is 6.03 Å². The molecule has 9 nitrogen and oxygen atoms in total. The molecule has 0 fully saturated rings. The van der Waals surface area contributed by atoms with Gasteiger partial charge in [-0.1, -0.05) is 12.0 Å². The Morgan fingerprint density at radius 2 is 1.95 bits per heavy atom. The highest BCUT2D eigenvalue weighted by molar-refractivity contribution is 6.04. The second-order valence-electron chi connectivity index (χ2n) is 8.47. The summed E-state index contributed by atoms with van der Waals surface area (Å²) in [7, 11) is 0. The zero-order valence-electron chi connectivity index (χ0n) is 20.3. The number of primary amides is 1. The number of nitrogens with two attached hydrogens (primary N) is 1. The lowest BCUT2D eigenvalue weighted by Crippen LogP contribution is -2.19. The molecule has 5 aromatic rings. The van der Waals surface area contributed by atoms with Crippen LogP contribution < -0.4 is 16.4 Å². The summed E-state index contributed by atoms with van der Waals surface area (Å²) in [5, 5.41) is 5.39. The van der Waals surface area contributed by atoms with Gasteiger partial charge in [-0.3, -0.25) is 9.20 Å². The van der Waals surface area contributed by atoms with Crippen LogP contribution in [0.15, 0.2) is 79.6 Å². The number of anilines is 2. The summed E-state index contributed by atoms with van der Waals surface area (Å²) < 4.78 is 17.0. The molecule has 4 N–H and O–H groups in total. The number of alkyl halides is 1. The number of amides is 3. The Morgan fingerprint density at radius 1 is 1.08 bits per heavy atom. The van der Waals surface area contributed by atoms with Crippen LogP contribution in [0.3, 0.4) is 0 Å². The minimum Gasteiger partial charge on any atom is -0.351 e. The normalized spacial score (nSPS) is 10.6. The Labute approximate surface area is 217 Å². The Hall–Kier alpha value is -5.43. The summed E-state index contributed by atoms with van der Waals surface area (Å²) in [5.74, 6) is 5.84. The SMILES string of the molecule is Cc1ccc(C(=O)Nc2cc(CF)cc(-n3ccnc3)c2)cc1C#Cc1cnc2c(NC(N)=O)cccn12. The number of nitrogens with zero attached hydrogens (tertiary/aromatic N) is 4. The van der Waals surface area contributed by atoms with Crippen LogP contribution in [0.2, 0.25) is 0 Å². The molecule has 0 aliphatic carbocycles. The largest absolute Gasteiger partial charge is 0.351 e. The summed E-state index contributed by atoms with van der Waals surface area (Å²) in [6.07, 6.45) is 8.34. The molecule has 38 heavy (non-hydrogen) atoms. The monoisotopic (exact) mass is 507 g/mol. The lowest BCUT2D eigenvalue weighted by Gasteiger charge is -2.11. The molecule has 2 aromatic carbocycles. The maximum Gasteiger partial charge on any atom is 0.316 e. The van der Waals surface area contributed by atoms with Gasteiger partial charge in [0.1, 0.15) is 12.4 Å². The minimum atomic E-state index is -0.686. The van der Waals surface area contributed by atoms with E-state index in [-0.39, 0.29) is 5.91 Å². The summed E-state index contributed by atoms with van der Waals surface area (Å²) >= 11 is 0. The molecule has 188 valence electrons. The number of hydrogen-bond acceptors (Lipinski definition) is 4. The standard InChI is InChI=1S/C28H22FN7O2/c1-18-4-5-21(27(37)33-22-11-19(15-29)12-24(14-22)35-10-8-31-17-35)13-20(18)6-7-23-16-32-26-25(34-28(30)38)3-2-9-36(23)26/h2-5,8-14,16-17H,15H2,1H3,(H,33,37)(H3,30,34,38). The van der Waals surface area contributed by atoms with E-state index in [4.69, 9.17) is 5.73 Å². The van der Waals surface area contributed by atoms with Crippen molar-refractivity contribution >= 4 is 29.0 Å². The smallest absolute Gasteiger partial charge is 0.316 e.